The van der Waals surface area contributed by atoms with E-state index in [0.717, 1.165) is 61.3 Å². The summed E-state index contributed by atoms with van der Waals surface area (Å²) in [5, 5.41) is 7.04. The van der Waals surface area contributed by atoms with Crippen LogP contribution in [-0.4, -0.2) is 0 Å². The number of para-hydroxylation sites is 2. The van der Waals surface area contributed by atoms with Crippen molar-refractivity contribution >= 4 is 60.5 Å². The highest BCUT2D eigenvalue weighted by Gasteiger charge is 2.24. The lowest BCUT2D eigenvalue weighted by molar-refractivity contribution is 0.670. The maximum absolute atomic E-state index is 6.90. The predicted octanol–water partition coefficient (Wildman–Crippen LogP) is 16.0. The van der Waals surface area contributed by atoms with Crippen LogP contribution in [0.25, 0.3) is 88.0 Å². The number of benzene rings is 10. The van der Waals surface area contributed by atoms with E-state index in [2.05, 4.69) is 229 Å². The SMILES string of the molecule is c1ccc(-c2ccc(-c3ccccc3N(c3ccc(-c4ccc5ccccc5c4)cc3)c3ccc(-c4cccc5ccccc45)c4oc5ccccc5c34)cc2)cc1. The highest BCUT2D eigenvalue weighted by molar-refractivity contribution is 6.19. The zero-order valence-electron chi connectivity index (χ0n) is 31.7. The van der Waals surface area contributed by atoms with E-state index in [0.29, 0.717) is 0 Å². The summed E-state index contributed by atoms with van der Waals surface area (Å²) >= 11 is 0. The highest BCUT2D eigenvalue weighted by atomic mass is 16.3. The first-order chi connectivity index (χ1) is 28.8. The van der Waals surface area contributed by atoms with Crippen molar-refractivity contribution in [2.45, 2.75) is 0 Å². The molecule has 272 valence electrons. The first kappa shape index (κ1) is 33.6. The van der Waals surface area contributed by atoms with Crippen LogP contribution in [0.5, 0.6) is 0 Å². The number of hydrogen-bond acceptors (Lipinski definition) is 2. The lowest BCUT2D eigenvalue weighted by Gasteiger charge is -2.29. The molecule has 0 radical (unpaired) electrons. The monoisotopic (exact) mass is 739 g/mol. The van der Waals surface area contributed by atoms with Crippen LogP contribution in [0.2, 0.25) is 0 Å². The topological polar surface area (TPSA) is 16.4 Å². The van der Waals surface area contributed by atoms with Crippen LogP contribution in [0.3, 0.4) is 0 Å². The first-order valence-electron chi connectivity index (χ1n) is 19.8. The summed E-state index contributed by atoms with van der Waals surface area (Å²) in [6.45, 7) is 0. The van der Waals surface area contributed by atoms with Crippen LogP contribution in [-0.2, 0) is 0 Å². The minimum Gasteiger partial charge on any atom is -0.455 e. The van der Waals surface area contributed by atoms with E-state index in [1.807, 2.05) is 0 Å². The maximum Gasteiger partial charge on any atom is 0.145 e. The standard InChI is InChI=1S/C56H37NO/c1-2-13-38(14-3-1)40-25-28-43(29-26-40)48-20-8-10-23-52(48)57(46-33-31-41(32-34-46)45-30-27-39-15-4-5-17-44(39)37-45)53-36-35-50(49-22-12-18-42-16-6-7-19-47(42)49)56-55(53)51-21-9-11-24-54(51)58-56/h1-37H. The molecule has 11 aromatic rings. The van der Waals surface area contributed by atoms with Gasteiger partial charge in [-0.15, -0.1) is 0 Å². The number of fused-ring (bicyclic) bond motifs is 5. The van der Waals surface area contributed by atoms with Gasteiger partial charge in [-0.3, -0.25) is 0 Å². The molecule has 1 aromatic heterocycles. The molecule has 0 amide bonds. The summed E-state index contributed by atoms with van der Waals surface area (Å²) in [5.74, 6) is 0. The summed E-state index contributed by atoms with van der Waals surface area (Å²) in [7, 11) is 0. The van der Waals surface area contributed by atoms with E-state index >= 15 is 0 Å². The Labute approximate surface area is 337 Å². The van der Waals surface area contributed by atoms with Crippen LogP contribution in [0, 0.1) is 0 Å². The van der Waals surface area contributed by atoms with Gasteiger partial charge in [0.2, 0.25) is 0 Å². The van der Waals surface area contributed by atoms with Gasteiger partial charge in [-0.05, 0) is 97.4 Å². The van der Waals surface area contributed by atoms with Crippen molar-refractivity contribution in [1.29, 1.82) is 0 Å². The second-order valence-corrected chi connectivity index (χ2v) is 14.9. The fraction of sp³-hybridized carbons (Fsp3) is 0. The first-order valence-corrected chi connectivity index (χ1v) is 19.8. The van der Waals surface area contributed by atoms with Crippen LogP contribution in [0.15, 0.2) is 229 Å². The molecule has 10 aromatic carbocycles. The third-order valence-corrected chi connectivity index (χ3v) is 11.5. The van der Waals surface area contributed by atoms with Crippen LogP contribution >= 0.6 is 0 Å². The van der Waals surface area contributed by atoms with Crippen molar-refractivity contribution in [3.63, 3.8) is 0 Å². The molecule has 0 N–H and O–H groups in total. The van der Waals surface area contributed by atoms with Crippen molar-refractivity contribution in [3.8, 4) is 44.5 Å². The van der Waals surface area contributed by atoms with Gasteiger partial charge in [-0.25, -0.2) is 0 Å². The number of hydrogen-bond donors (Lipinski definition) is 0. The second kappa shape index (κ2) is 14.1. The van der Waals surface area contributed by atoms with Gasteiger partial charge >= 0.3 is 0 Å². The molecule has 0 saturated heterocycles. The van der Waals surface area contributed by atoms with Gasteiger partial charge in [0.25, 0.3) is 0 Å². The fourth-order valence-corrected chi connectivity index (χ4v) is 8.63. The lowest BCUT2D eigenvalue weighted by atomic mass is 9.94. The smallest absolute Gasteiger partial charge is 0.145 e. The number of anilines is 3. The normalized spacial score (nSPS) is 11.4. The molecule has 0 aliphatic carbocycles. The summed E-state index contributed by atoms with van der Waals surface area (Å²) < 4.78 is 6.90. The third-order valence-electron chi connectivity index (χ3n) is 11.5. The average Bonchev–Trinajstić information content (AvgIpc) is 3.70. The van der Waals surface area contributed by atoms with Crippen molar-refractivity contribution in [3.05, 3.63) is 224 Å². The number of furan rings is 1. The second-order valence-electron chi connectivity index (χ2n) is 14.9. The number of rotatable bonds is 7. The van der Waals surface area contributed by atoms with Crippen LogP contribution in [0.1, 0.15) is 0 Å². The molecule has 0 unspecified atom stereocenters. The molecule has 0 atom stereocenters. The summed E-state index contributed by atoms with van der Waals surface area (Å²) in [5.41, 5.74) is 14.2. The van der Waals surface area contributed by atoms with Crippen molar-refractivity contribution in [2.24, 2.45) is 0 Å². The summed E-state index contributed by atoms with van der Waals surface area (Å²) in [6, 6.07) is 80.6. The zero-order chi connectivity index (χ0) is 38.4. The Morgan fingerprint density at radius 1 is 0.310 bits per heavy atom. The Kier molecular flexibility index (Phi) is 8.19. The largest absolute Gasteiger partial charge is 0.455 e. The Hall–Kier alpha value is -7.68. The van der Waals surface area contributed by atoms with Crippen LogP contribution in [0.4, 0.5) is 17.1 Å². The summed E-state index contributed by atoms with van der Waals surface area (Å²) in [4.78, 5) is 2.42. The maximum atomic E-state index is 6.90. The van der Waals surface area contributed by atoms with E-state index in [1.165, 1.54) is 43.8 Å². The van der Waals surface area contributed by atoms with Gasteiger partial charge in [0, 0.05) is 22.2 Å². The molecule has 2 nitrogen and oxygen atoms in total. The van der Waals surface area contributed by atoms with Crippen molar-refractivity contribution < 1.29 is 4.42 Å². The third kappa shape index (κ3) is 5.82. The minimum atomic E-state index is 0.864. The van der Waals surface area contributed by atoms with Gasteiger partial charge in [-0.2, -0.15) is 0 Å². The van der Waals surface area contributed by atoms with E-state index in [1.54, 1.807) is 0 Å². The van der Waals surface area contributed by atoms with E-state index in [4.69, 9.17) is 4.42 Å². The molecular formula is C56H37NO. The Bertz CT molecular complexity index is 3260. The van der Waals surface area contributed by atoms with E-state index in [9.17, 15) is 0 Å². The molecule has 0 fully saturated rings. The Morgan fingerprint density at radius 2 is 0.897 bits per heavy atom. The van der Waals surface area contributed by atoms with Gasteiger partial charge < -0.3 is 9.32 Å². The average molecular weight is 740 g/mol. The molecule has 1 heterocycles. The van der Waals surface area contributed by atoms with Gasteiger partial charge in [0.15, 0.2) is 0 Å². The van der Waals surface area contributed by atoms with Gasteiger partial charge in [0.1, 0.15) is 11.2 Å². The van der Waals surface area contributed by atoms with E-state index in [-0.39, 0.29) is 0 Å². The number of nitrogens with zero attached hydrogens (tertiary/aromatic N) is 1. The molecule has 2 heteroatoms. The van der Waals surface area contributed by atoms with Crippen LogP contribution < -0.4 is 4.90 Å². The Balaban J connectivity index is 1.13. The molecule has 0 saturated carbocycles. The summed E-state index contributed by atoms with van der Waals surface area (Å²) in [6.07, 6.45) is 0. The molecule has 11 rings (SSSR count). The molecule has 0 aliphatic heterocycles. The van der Waals surface area contributed by atoms with E-state index < -0.39 is 0 Å². The minimum absolute atomic E-state index is 0.864. The van der Waals surface area contributed by atoms with Crippen molar-refractivity contribution in [2.75, 3.05) is 4.90 Å². The van der Waals surface area contributed by atoms with Crippen molar-refractivity contribution in [1.82, 2.24) is 0 Å². The molecule has 58 heavy (non-hydrogen) atoms. The zero-order valence-corrected chi connectivity index (χ0v) is 31.7. The van der Waals surface area contributed by atoms with Gasteiger partial charge in [0.05, 0.1) is 16.8 Å². The lowest BCUT2D eigenvalue weighted by Crippen LogP contribution is -2.11. The fourth-order valence-electron chi connectivity index (χ4n) is 8.63. The highest BCUT2D eigenvalue weighted by Crippen LogP contribution is 2.49. The molecule has 0 aliphatic rings. The predicted molar refractivity (Wildman–Crippen MR) is 245 cm³/mol. The molecule has 0 bridgehead atoms. The Morgan fingerprint density at radius 3 is 1.74 bits per heavy atom. The molecular weight excluding hydrogens is 703 g/mol. The quantitative estimate of drug-likeness (QED) is 0.162. The van der Waals surface area contributed by atoms with Gasteiger partial charge in [-0.1, -0.05) is 182 Å². The molecule has 0 spiro atoms.